The fourth-order valence-corrected chi connectivity index (χ4v) is 2.02. The van der Waals surface area contributed by atoms with Crippen LogP contribution in [0.25, 0.3) is 11.3 Å². The fourth-order valence-electron chi connectivity index (χ4n) is 2.02. The van der Waals surface area contributed by atoms with E-state index in [4.69, 9.17) is 5.11 Å². The van der Waals surface area contributed by atoms with Crippen LogP contribution < -0.4 is 5.32 Å². The summed E-state index contributed by atoms with van der Waals surface area (Å²) in [5.74, 6) is -0.120. The molecule has 0 radical (unpaired) electrons. The van der Waals surface area contributed by atoms with Gasteiger partial charge in [-0.05, 0) is 23.6 Å². The predicted octanol–water partition coefficient (Wildman–Crippen LogP) is 3.61. The first-order valence-electron chi connectivity index (χ1n) is 6.55. The summed E-state index contributed by atoms with van der Waals surface area (Å²) in [6, 6.07) is 11.5. The van der Waals surface area contributed by atoms with E-state index in [-0.39, 0.29) is 5.56 Å². The molecule has 20 heavy (non-hydrogen) atoms. The Balaban J connectivity index is 2.40. The summed E-state index contributed by atoms with van der Waals surface area (Å²) >= 11 is 0. The van der Waals surface area contributed by atoms with Gasteiger partial charge in [0.25, 0.3) is 0 Å². The number of anilines is 1. The van der Waals surface area contributed by atoms with Crippen molar-refractivity contribution in [3.8, 4) is 11.3 Å². The molecule has 4 nitrogen and oxygen atoms in total. The zero-order valence-electron chi connectivity index (χ0n) is 11.8. The van der Waals surface area contributed by atoms with Crippen LogP contribution >= 0.6 is 0 Å². The summed E-state index contributed by atoms with van der Waals surface area (Å²) in [5.41, 5.74) is 3.18. The number of rotatable bonds is 4. The summed E-state index contributed by atoms with van der Waals surface area (Å²) in [5, 5.41) is 11.9. The van der Waals surface area contributed by atoms with E-state index in [1.165, 1.54) is 5.56 Å². The number of aromatic carboxylic acids is 1. The van der Waals surface area contributed by atoms with Gasteiger partial charge in [-0.2, -0.15) is 0 Å². The maximum absolute atomic E-state index is 11.1. The Morgan fingerprint density at radius 2 is 1.80 bits per heavy atom. The Morgan fingerprint density at radius 1 is 1.15 bits per heavy atom. The van der Waals surface area contributed by atoms with Crippen LogP contribution in [-0.4, -0.2) is 23.1 Å². The highest BCUT2D eigenvalue weighted by Gasteiger charge is 2.12. The van der Waals surface area contributed by atoms with Crippen LogP contribution in [0.5, 0.6) is 0 Å². The van der Waals surface area contributed by atoms with Crippen LogP contribution in [0.15, 0.2) is 36.4 Å². The van der Waals surface area contributed by atoms with E-state index < -0.39 is 5.97 Å². The first-order valence-corrected chi connectivity index (χ1v) is 6.55. The summed E-state index contributed by atoms with van der Waals surface area (Å²) in [6.45, 7) is 4.29. The van der Waals surface area contributed by atoms with E-state index in [9.17, 15) is 4.79 Å². The van der Waals surface area contributed by atoms with Crippen LogP contribution in [0.3, 0.4) is 0 Å². The molecule has 4 heteroatoms. The minimum absolute atomic E-state index is 0.176. The normalized spacial score (nSPS) is 10.6. The quantitative estimate of drug-likeness (QED) is 0.890. The van der Waals surface area contributed by atoms with Crippen LogP contribution in [-0.2, 0) is 0 Å². The Labute approximate surface area is 118 Å². The van der Waals surface area contributed by atoms with Gasteiger partial charge in [-0.3, -0.25) is 0 Å². The van der Waals surface area contributed by atoms with Gasteiger partial charge in [-0.15, -0.1) is 0 Å². The Kier molecular flexibility index (Phi) is 4.03. The van der Waals surface area contributed by atoms with Crippen LogP contribution in [0.1, 0.15) is 35.7 Å². The number of carbonyl (C=O) groups is 1. The largest absolute Gasteiger partial charge is 0.478 e. The van der Waals surface area contributed by atoms with E-state index in [1.54, 1.807) is 19.2 Å². The van der Waals surface area contributed by atoms with Gasteiger partial charge in [0.05, 0.1) is 5.69 Å². The van der Waals surface area contributed by atoms with Gasteiger partial charge in [0.1, 0.15) is 11.4 Å². The average Bonchev–Trinajstić information content (AvgIpc) is 2.46. The number of hydrogen-bond acceptors (Lipinski definition) is 3. The molecular weight excluding hydrogens is 252 g/mol. The highest BCUT2D eigenvalue weighted by Crippen LogP contribution is 2.24. The second-order valence-corrected chi connectivity index (χ2v) is 4.92. The molecule has 0 bridgehead atoms. The molecule has 0 saturated carbocycles. The molecule has 104 valence electrons. The topological polar surface area (TPSA) is 62.2 Å². The van der Waals surface area contributed by atoms with Crippen LogP contribution in [0, 0.1) is 0 Å². The maximum Gasteiger partial charge on any atom is 0.339 e. The zero-order chi connectivity index (χ0) is 14.7. The van der Waals surface area contributed by atoms with Gasteiger partial charge in [0.2, 0.25) is 0 Å². The van der Waals surface area contributed by atoms with Crippen molar-refractivity contribution >= 4 is 11.8 Å². The Hall–Kier alpha value is -2.36. The minimum atomic E-state index is -0.983. The first-order chi connectivity index (χ1) is 9.52. The third kappa shape index (κ3) is 2.79. The van der Waals surface area contributed by atoms with Gasteiger partial charge in [0, 0.05) is 12.6 Å². The van der Waals surface area contributed by atoms with Crippen molar-refractivity contribution in [1.82, 2.24) is 4.98 Å². The van der Waals surface area contributed by atoms with Crippen molar-refractivity contribution in [2.45, 2.75) is 19.8 Å². The molecule has 1 aromatic carbocycles. The number of carboxylic acid groups (broad SMARTS) is 1. The van der Waals surface area contributed by atoms with E-state index in [1.807, 2.05) is 12.1 Å². The van der Waals surface area contributed by atoms with Crippen molar-refractivity contribution in [2.24, 2.45) is 0 Å². The van der Waals surface area contributed by atoms with E-state index >= 15 is 0 Å². The molecule has 0 aliphatic carbocycles. The van der Waals surface area contributed by atoms with Gasteiger partial charge >= 0.3 is 5.97 Å². The molecule has 0 fully saturated rings. The highest BCUT2D eigenvalue weighted by molar-refractivity contribution is 5.93. The third-order valence-electron chi connectivity index (χ3n) is 3.24. The molecule has 2 aromatic rings. The smallest absolute Gasteiger partial charge is 0.339 e. The standard InChI is InChI=1S/C16H18N2O2/c1-10(2)11-4-6-12(7-5-11)14-9-8-13(16(19)20)15(17-3)18-14/h4-10H,1-3H3,(H,17,18)(H,19,20). The van der Waals surface area contributed by atoms with E-state index in [2.05, 4.69) is 36.3 Å². The molecule has 0 aliphatic heterocycles. The van der Waals surface area contributed by atoms with Crippen molar-refractivity contribution < 1.29 is 9.90 Å². The van der Waals surface area contributed by atoms with Crippen molar-refractivity contribution in [3.63, 3.8) is 0 Å². The van der Waals surface area contributed by atoms with Crippen LogP contribution in [0.2, 0.25) is 0 Å². The van der Waals surface area contributed by atoms with Crippen molar-refractivity contribution in [2.75, 3.05) is 12.4 Å². The number of benzene rings is 1. The Morgan fingerprint density at radius 3 is 2.30 bits per heavy atom. The number of aromatic nitrogens is 1. The van der Waals surface area contributed by atoms with E-state index in [0.29, 0.717) is 11.7 Å². The van der Waals surface area contributed by atoms with E-state index in [0.717, 1.165) is 11.3 Å². The molecule has 0 aliphatic rings. The lowest BCUT2D eigenvalue weighted by Gasteiger charge is -2.09. The predicted molar refractivity (Wildman–Crippen MR) is 80.3 cm³/mol. The van der Waals surface area contributed by atoms with Crippen molar-refractivity contribution in [1.29, 1.82) is 0 Å². The lowest BCUT2D eigenvalue weighted by molar-refractivity contribution is 0.0697. The fraction of sp³-hybridized carbons (Fsp3) is 0.250. The second-order valence-electron chi connectivity index (χ2n) is 4.92. The molecule has 0 atom stereocenters. The minimum Gasteiger partial charge on any atom is -0.478 e. The summed E-state index contributed by atoms with van der Waals surface area (Å²) in [6.07, 6.45) is 0. The lowest BCUT2D eigenvalue weighted by Crippen LogP contribution is -2.05. The highest BCUT2D eigenvalue weighted by atomic mass is 16.4. The number of carboxylic acids is 1. The summed E-state index contributed by atoms with van der Waals surface area (Å²) in [7, 11) is 1.67. The molecule has 0 spiro atoms. The van der Waals surface area contributed by atoms with Gasteiger partial charge in [-0.1, -0.05) is 38.1 Å². The molecule has 1 aromatic heterocycles. The van der Waals surface area contributed by atoms with Gasteiger partial charge in [-0.25, -0.2) is 9.78 Å². The zero-order valence-corrected chi connectivity index (χ0v) is 11.8. The van der Waals surface area contributed by atoms with Crippen LogP contribution in [0.4, 0.5) is 5.82 Å². The van der Waals surface area contributed by atoms with Gasteiger partial charge in [0.15, 0.2) is 0 Å². The Bertz CT molecular complexity index is 619. The third-order valence-corrected chi connectivity index (χ3v) is 3.24. The van der Waals surface area contributed by atoms with Crippen molar-refractivity contribution in [3.05, 3.63) is 47.5 Å². The lowest BCUT2D eigenvalue weighted by atomic mass is 10.0. The average molecular weight is 270 g/mol. The molecule has 0 amide bonds. The SMILES string of the molecule is CNc1nc(-c2ccc(C(C)C)cc2)ccc1C(=O)O. The molecule has 0 unspecified atom stereocenters. The first kappa shape index (κ1) is 14.1. The molecule has 2 rings (SSSR count). The summed E-state index contributed by atoms with van der Waals surface area (Å²) in [4.78, 5) is 15.4. The van der Waals surface area contributed by atoms with Gasteiger partial charge < -0.3 is 10.4 Å². The molecule has 1 heterocycles. The number of nitrogens with zero attached hydrogens (tertiary/aromatic N) is 1. The molecule has 2 N–H and O–H groups in total. The monoisotopic (exact) mass is 270 g/mol. The number of nitrogens with one attached hydrogen (secondary N) is 1. The molecular formula is C16H18N2O2. The molecule has 0 saturated heterocycles. The number of hydrogen-bond donors (Lipinski definition) is 2. The maximum atomic E-state index is 11.1. The number of pyridine rings is 1. The second kappa shape index (κ2) is 5.74. The summed E-state index contributed by atoms with van der Waals surface area (Å²) < 4.78 is 0.